The minimum absolute atomic E-state index is 0.0590. The van der Waals surface area contributed by atoms with E-state index in [0.29, 0.717) is 35.7 Å². The number of hydrogen-bond donors (Lipinski definition) is 0. The van der Waals surface area contributed by atoms with Crippen LogP contribution >= 0.6 is 11.6 Å². The Kier molecular flexibility index (Phi) is 6.99. The molecule has 1 aliphatic heterocycles. The minimum atomic E-state index is -3.50. The highest BCUT2D eigenvalue weighted by atomic mass is 35.5. The fraction of sp³-hybridized carbons (Fsp3) is 0.240. The fourth-order valence-electron chi connectivity index (χ4n) is 4.11. The molecule has 0 saturated carbocycles. The summed E-state index contributed by atoms with van der Waals surface area (Å²) < 4.78 is 42.1. The molecule has 170 valence electrons. The van der Waals surface area contributed by atoms with Crippen molar-refractivity contribution in [1.29, 1.82) is 5.26 Å². The Bertz CT molecular complexity index is 1280. The topological polar surface area (TPSA) is 64.4 Å². The first-order valence-corrected chi connectivity index (χ1v) is 12.6. The molecule has 4 rings (SSSR count). The molecule has 5 nitrogen and oxygen atoms in total. The van der Waals surface area contributed by atoms with Gasteiger partial charge >= 0.3 is 0 Å². The first kappa shape index (κ1) is 23.2. The summed E-state index contributed by atoms with van der Waals surface area (Å²) in [6, 6.07) is 22.6. The van der Waals surface area contributed by atoms with E-state index in [0.717, 1.165) is 11.3 Å². The van der Waals surface area contributed by atoms with Gasteiger partial charge in [-0.2, -0.15) is 9.57 Å². The van der Waals surface area contributed by atoms with Gasteiger partial charge in [-0.15, -0.1) is 0 Å². The maximum Gasteiger partial charge on any atom is 0.218 e. The molecule has 3 aromatic rings. The summed E-state index contributed by atoms with van der Waals surface area (Å²) in [6.45, 7) is 0.936. The van der Waals surface area contributed by atoms with E-state index in [1.165, 1.54) is 10.4 Å². The normalized spacial score (nSPS) is 16.5. The van der Waals surface area contributed by atoms with Crippen LogP contribution in [0.1, 0.15) is 23.1 Å². The summed E-state index contributed by atoms with van der Waals surface area (Å²) in [5.41, 5.74) is 2.31. The quantitative estimate of drug-likeness (QED) is 0.476. The highest BCUT2D eigenvalue weighted by Gasteiger charge is 2.35. The van der Waals surface area contributed by atoms with Gasteiger partial charge in [0.1, 0.15) is 11.9 Å². The average molecular weight is 484 g/mol. The second-order valence-electron chi connectivity index (χ2n) is 8.04. The Labute approximate surface area is 198 Å². The molecule has 3 aromatic carbocycles. The number of sulfonamides is 1. The zero-order valence-electron chi connectivity index (χ0n) is 17.9. The molecule has 0 amide bonds. The van der Waals surface area contributed by atoms with Crippen LogP contribution in [0.2, 0.25) is 5.02 Å². The van der Waals surface area contributed by atoms with Crippen molar-refractivity contribution in [3.05, 3.63) is 100 Å². The van der Waals surface area contributed by atoms with Gasteiger partial charge in [-0.05, 0) is 36.2 Å². The molecule has 1 saturated heterocycles. The molecule has 1 fully saturated rings. The molecule has 0 aromatic heterocycles. The van der Waals surface area contributed by atoms with E-state index in [1.807, 2.05) is 29.2 Å². The van der Waals surface area contributed by atoms with Crippen LogP contribution in [0.25, 0.3) is 0 Å². The summed E-state index contributed by atoms with van der Waals surface area (Å²) in [5.74, 6) is -0.384. The van der Waals surface area contributed by atoms with Crippen molar-refractivity contribution in [2.45, 2.75) is 24.8 Å². The Morgan fingerprint density at radius 2 is 1.82 bits per heavy atom. The smallest absolute Gasteiger partial charge is 0.218 e. The molecule has 1 heterocycles. The lowest BCUT2D eigenvalue weighted by molar-refractivity contribution is 0.466. The van der Waals surface area contributed by atoms with Crippen molar-refractivity contribution in [3.8, 4) is 6.07 Å². The number of halogens is 2. The first-order chi connectivity index (χ1) is 15.9. The largest absolute Gasteiger partial charge is 0.363 e. The third-order valence-electron chi connectivity index (χ3n) is 5.86. The molecule has 0 bridgehead atoms. The number of anilines is 1. The first-order valence-electron chi connectivity index (χ1n) is 10.6. The van der Waals surface area contributed by atoms with Gasteiger partial charge in [-0.3, -0.25) is 0 Å². The lowest BCUT2D eigenvalue weighted by Crippen LogP contribution is -2.39. The predicted molar refractivity (Wildman–Crippen MR) is 128 cm³/mol. The summed E-state index contributed by atoms with van der Waals surface area (Å²) in [5, 5.41) is 9.51. The Morgan fingerprint density at radius 3 is 2.52 bits per heavy atom. The van der Waals surface area contributed by atoms with Gasteiger partial charge < -0.3 is 4.90 Å². The molecule has 1 atom stereocenters. The van der Waals surface area contributed by atoms with Crippen LogP contribution in [0.5, 0.6) is 0 Å². The van der Waals surface area contributed by atoms with Gasteiger partial charge in [0.15, 0.2) is 0 Å². The van der Waals surface area contributed by atoms with E-state index >= 15 is 0 Å². The Balaban J connectivity index is 1.60. The standard InChI is InChI=1S/C25H23ClFN3O2S/c26-24-14-22(11-10-20(24)15-28)30(16-21-8-4-5-9-25(21)27)23-12-13-29(17-23)33(31,32)18-19-6-2-1-3-7-19/h1-11,14,23H,12-13,16-18H2/t23-/m0/s1. The molecule has 0 spiro atoms. The van der Waals surface area contributed by atoms with Gasteiger partial charge in [-0.25, -0.2) is 12.8 Å². The second kappa shape index (κ2) is 9.92. The van der Waals surface area contributed by atoms with E-state index in [9.17, 15) is 18.1 Å². The van der Waals surface area contributed by atoms with Crippen LogP contribution in [0.15, 0.2) is 72.8 Å². The van der Waals surface area contributed by atoms with Gasteiger partial charge in [-0.1, -0.05) is 60.1 Å². The lowest BCUT2D eigenvalue weighted by Gasteiger charge is -2.32. The van der Waals surface area contributed by atoms with Crippen molar-refractivity contribution in [2.75, 3.05) is 18.0 Å². The SMILES string of the molecule is N#Cc1ccc(N(Cc2ccccc2F)[C@H]2CCN(S(=O)(=O)Cc3ccccc3)C2)cc1Cl. The minimum Gasteiger partial charge on any atom is -0.363 e. The van der Waals surface area contributed by atoms with Crippen LogP contribution in [-0.4, -0.2) is 31.9 Å². The van der Waals surface area contributed by atoms with Crippen molar-refractivity contribution in [2.24, 2.45) is 0 Å². The van der Waals surface area contributed by atoms with Gasteiger partial charge in [0.2, 0.25) is 10.0 Å². The fourth-order valence-corrected chi connectivity index (χ4v) is 5.90. The van der Waals surface area contributed by atoms with Crippen molar-refractivity contribution >= 4 is 27.3 Å². The molecule has 33 heavy (non-hydrogen) atoms. The zero-order chi connectivity index (χ0) is 23.4. The second-order valence-corrected chi connectivity index (χ2v) is 10.4. The third kappa shape index (κ3) is 5.36. The number of rotatable bonds is 7. The predicted octanol–water partition coefficient (Wildman–Crippen LogP) is 4.96. The number of benzene rings is 3. The van der Waals surface area contributed by atoms with Crippen LogP contribution in [-0.2, 0) is 22.3 Å². The Hall–Kier alpha value is -2.92. The maximum atomic E-state index is 14.5. The Morgan fingerprint density at radius 1 is 1.09 bits per heavy atom. The van der Waals surface area contributed by atoms with Crippen LogP contribution in [0.4, 0.5) is 10.1 Å². The zero-order valence-corrected chi connectivity index (χ0v) is 19.4. The molecule has 1 aliphatic rings. The summed E-state index contributed by atoms with van der Waals surface area (Å²) >= 11 is 6.28. The molecule has 0 aliphatic carbocycles. The molecule has 8 heteroatoms. The van der Waals surface area contributed by atoms with E-state index in [2.05, 4.69) is 0 Å². The maximum absolute atomic E-state index is 14.5. The van der Waals surface area contributed by atoms with Crippen LogP contribution in [0.3, 0.4) is 0 Å². The van der Waals surface area contributed by atoms with Crippen LogP contribution in [0, 0.1) is 17.1 Å². The van der Waals surface area contributed by atoms with Gasteiger partial charge in [0, 0.05) is 36.9 Å². The van der Waals surface area contributed by atoms with Crippen molar-refractivity contribution in [3.63, 3.8) is 0 Å². The molecule has 0 N–H and O–H groups in total. The molecule has 0 radical (unpaired) electrons. The average Bonchev–Trinajstić information content (AvgIpc) is 3.30. The summed E-state index contributed by atoms with van der Waals surface area (Å²) in [7, 11) is -3.50. The monoisotopic (exact) mass is 483 g/mol. The van der Waals surface area contributed by atoms with Gasteiger partial charge in [0.05, 0.1) is 16.3 Å². The molecular formula is C25H23ClFN3O2S. The van der Waals surface area contributed by atoms with E-state index < -0.39 is 10.0 Å². The van der Waals surface area contributed by atoms with Crippen LogP contribution < -0.4 is 4.90 Å². The molecular weight excluding hydrogens is 461 g/mol. The highest BCUT2D eigenvalue weighted by Crippen LogP contribution is 2.31. The summed E-state index contributed by atoms with van der Waals surface area (Å²) in [6.07, 6.45) is 0.597. The van der Waals surface area contributed by atoms with Crippen molar-refractivity contribution < 1.29 is 12.8 Å². The van der Waals surface area contributed by atoms with Gasteiger partial charge in [0.25, 0.3) is 0 Å². The third-order valence-corrected chi connectivity index (χ3v) is 7.98. The van der Waals surface area contributed by atoms with E-state index in [4.69, 9.17) is 11.6 Å². The number of nitriles is 1. The number of nitrogens with zero attached hydrogens (tertiary/aromatic N) is 3. The number of hydrogen-bond acceptors (Lipinski definition) is 4. The van der Waals surface area contributed by atoms with E-state index in [1.54, 1.807) is 48.5 Å². The summed E-state index contributed by atoms with van der Waals surface area (Å²) in [4.78, 5) is 1.98. The highest BCUT2D eigenvalue weighted by molar-refractivity contribution is 7.88. The van der Waals surface area contributed by atoms with E-state index in [-0.39, 0.29) is 24.2 Å². The lowest BCUT2D eigenvalue weighted by atomic mass is 10.1. The molecule has 0 unspecified atom stereocenters. The van der Waals surface area contributed by atoms with Crippen molar-refractivity contribution in [1.82, 2.24) is 4.31 Å².